The molecule has 0 spiro atoms. The van der Waals surface area contributed by atoms with Crippen LogP contribution in [0.5, 0.6) is 5.75 Å². The number of nitrogens with zero attached hydrogens (tertiary/aromatic N) is 1. The zero-order valence-electron chi connectivity index (χ0n) is 14.1. The van der Waals surface area contributed by atoms with Gasteiger partial charge in [-0.2, -0.15) is 0 Å². The summed E-state index contributed by atoms with van der Waals surface area (Å²) in [7, 11) is 0. The molecule has 3 rings (SSSR count). The van der Waals surface area contributed by atoms with Gasteiger partial charge in [0, 0.05) is 16.6 Å². The van der Waals surface area contributed by atoms with Crippen molar-refractivity contribution in [2.24, 2.45) is 5.73 Å². The fourth-order valence-electron chi connectivity index (χ4n) is 2.17. The number of hydrogen-bond acceptors (Lipinski definition) is 5. The Labute approximate surface area is 154 Å². The molecule has 26 heavy (non-hydrogen) atoms. The van der Waals surface area contributed by atoms with E-state index in [0.717, 1.165) is 11.3 Å². The van der Waals surface area contributed by atoms with E-state index in [1.54, 1.807) is 29.6 Å². The minimum atomic E-state index is -0.513. The number of rotatable bonds is 6. The molecule has 7 heteroatoms. The molecule has 0 aliphatic rings. The molecule has 6 nitrogen and oxygen atoms in total. The van der Waals surface area contributed by atoms with Crippen LogP contribution in [-0.4, -0.2) is 16.8 Å². The lowest BCUT2D eigenvalue weighted by molar-refractivity contribution is 0.0998. The predicted octanol–water partition coefficient (Wildman–Crippen LogP) is 3.38. The third-order valence-corrected chi connectivity index (χ3v) is 4.42. The summed E-state index contributed by atoms with van der Waals surface area (Å²) >= 11 is 1.36. The lowest BCUT2D eigenvalue weighted by Gasteiger charge is -2.04. The maximum Gasteiger partial charge on any atom is 0.275 e. The molecule has 1 heterocycles. The van der Waals surface area contributed by atoms with Gasteiger partial charge in [-0.1, -0.05) is 17.7 Å². The number of hydrogen-bond donors (Lipinski definition) is 2. The van der Waals surface area contributed by atoms with Gasteiger partial charge in [0.2, 0.25) is 5.91 Å². The number of ether oxygens (including phenoxy) is 1. The lowest BCUT2D eigenvalue weighted by Crippen LogP contribution is -2.14. The van der Waals surface area contributed by atoms with Gasteiger partial charge in [-0.15, -0.1) is 11.3 Å². The van der Waals surface area contributed by atoms with Crippen LogP contribution in [0, 0.1) is 6.92 Å². The minimum Gasteiger partial charge on any atom is -0.486 e. The number of carbonyl (C=O) groups is 2. The van der Waals surface area contributed by atoms with E-state index in [-0.39, 0.29) is 5.91 Å². The van der Waals surface area contributed by atoms with Crippen LogP contribution in [0.1, 0.15) is 31.4 Å². The van der Waals surface area contributed by atoms with Crippen molar-refractivity contribution in [1.29, 1.82) is 0 Å². The first kappa shape index (κ1) is 17.6. The number of aromatic nitrogens is 1. The molecule has 0 saturated heterocycles. The van der Waals surface area contributed by atoms with Crippen LogP contribution in [0.3, 0.4) is 0 Å². The molecule has 3 N–H and O–H groups in total. The zero-order valence-corrected chi connectivity index (χ0v) is 14.9. The van der Waals surface area contributed by atoms with E-state index in [9.17, 15) is 9.59 Å². The molecule has 1 aromatic heterocycles. The highest BCUT2D eigenvalue weighted by Gasteiger charge is 2.12. The fourth-order valence-corrected chi connectivity index (χ4v) is 2.86. The summed E-state index contributed by atoms with van der Waals surface area (Å²) in [5.74, 6) is -0.0819. The minimum absolute atomic E-state index is 0.300. The summed E-state index contributed by atoms with van der Waals surface area (Å²) in [6, 6.07) is 14.1. The maximum atomic E-state index is 12.3. The second kappa shape index (κ2) is 7.79. The zero-order chi connectivity index (χ0) is 18.5. The molecule has 0 fully saturated rings. The van der Waals surface area contributed by atoms with Crippen molar-refractivity contribution in [2.45, 2.75) is 13.5 Å². The molecular weight excluding hydrogens is 350 g/mol. The average Bonchev–Trinajstić information content (AvgIpc) is 3.11. The van der Waals surface area contributed by atoms with Crippen LogP contribution in [0.4, 0.5) is 5.69 Å². The van der Waals surface area contributed by atoms with Gasteiger partial charge in [0.05, 0.1) is 0 Å². The van der Waals surface area contributed by atoms with E-state index in [1.807, 2.05) is 31.2 Å². The molecule has 0 aliphatic heterocycles. The number of nitrogens with two attached hydrogens (primary N) is 1. The molecular formula is C19H17N3O3S. The van der Waals surface area contributed by atoms with Crippen molar-refractivity contribution in [3.05, 3.63) is 75.7 Å². The van der Waals surface area contributed by atoms with Gasteiger partial charge in [-0.05, 0) is 43.3 Å². The van der Waals surface area contributed by atoms with Gasteiger partial charge in [-0.3, -0.25) is 9.59 Å². The smallest absolute Gasteiger partial charge is 0.275 e. The summed E-state index contributed by atoms with van der Waals surface area (Å²) in [6.45, 7) is 2.31. The first-order valence-corrected chi connectivity index (χ1v) is 8.74. The predicted molar refractivity (Wildman–Crippen MR) is 101 cm³/mol. The summed E-state index contributed by atoms with van der Waals surface area (Å²) in [4.78, 5) is 27.6. The Morgan fingerprint density at radius 2 is 1.81 bits per heavy atom. The van der Waals surface area contributed by atoms with Gasteiger partial charge in [0.15, 0.2) is 0 Å². The Morgan fingerprint density at radius 3 is 2.46 bits per heavy atom. The number of carbonyl (C=O) groups excluding carboxylic acids is 2. The Bertz CT molecular complexity index is 918. The average molecular weight is 367 g/mol. The van der Waals surface area contributed by atoms with E-state index in [1.165, 1.54) is 11.3 Å². The molecule has 3 aromatic rings. The van der Waals surface area contributed by atoms with Crippen molar-refractivity contribution in [3.8, 4) is 5.75 Å². The summed E-state index contributed by atoms with van der Waals surface area (Å²) in [5.41, 5.74) is 7.61. The van der Waals surface area contributed by atoms with Crippen LogP contribution in [0.2, 0.25) is 0 Å². The highest BCUT2D eigenvalue weighted by Crippen LogP contribution is 2.17. The molecule has 0 atom stereocenters. The van der Waals surface area contributed by atoms with Crippen molar-refractivity contribution in [1.82, 2.24) is 4.98 Å². The summed E-state index contributed by atoms with van der Waals surface area (Å²) < 4.78 is 5.67. The highest BCUT2D eigenvalue weighted by molar-refractivity contribution is 7.09. The van der Waals surface area contributed by atoms with Gasteiger partial charge in [0.25, 0.3) is 5.91 Å². The van der Waals surface area contributed by atoms with Crippen molar-refractivity contribution in [3.63, 3.8) is 0 Å². The Morgan fingerprint density at radius 1 is 1.12 bits per heavy atom. The molecule has 0 unspecified atom stereocenters. The normalized spacial score (nSPS) is 10.3. The second-order valence-electron chi connectivity index (χ2n) is 5.62. The fraction of sp³-hybridized carbons (Fsp3) is 0.105. The number of amides is 2. The summed E-state index contributed by atoms with van der Waals surface area (Å²) in [6.07, 6.45) is 0. The Kier molecular flexibility index (Phi) is 5.28. The number of benzene rings is 2. The molecule has 132 valence electrons. The number of primary amides is 1. The van der Waals surface area contributed by atoms with Crippen molar-refractivity contribution >= 4 is 28.8 Å². The molecule has 0 radical (unpaired) electrons. The molecule has 0 aliphatic carbocycles. The third kappa shape index (κ3) is 4.46. The maximum absolute atomic E-state index is 12.3. The molecule has 0 saturated carbocycles. The first-order chi connectivity index (χ1) is 12.5. The standard InChI is InChI=1S/C19H17N3O3S/c1-12-2-8-15(9-3-12)25-10-17-22-16(11-26-17)19(24)21-14-6-4-13(5-7-14)18(20)23/h2-9,11H,10H2,1H3,(H2,20,23)(H,21,24). The molecule has 2 aromatic carbocycles. The van der Waals surface area contributed by atoms with E-state index in [0.29, 0.717) is 28.6 Å². The third-order valence-electron chi connectivity index (χ3n) is 3.59. The number of nitrogens with one attached hydrogen (secondary N) is 1. The van der Waals surface area contributed by atoms with Crippen LogP contribution in [-0.2, 0) is 6.61 Å². The topological polar surface area (TPSA) is 94.3 Å². The number of thiazole rings is 1. The van der Waals surface area contributed by atoms with Crippen LogP contribution in [0.25, 0.3) is 0 Å². The largest absolute Gasteiger partial charge is 0.486 e. The SMILES string of the molecule is Cc1ccc(OCc2nc(C(=O)Nc3ccc(C(N)=O)cc3)cs2)cc1. The quantitative estimate of drug-likeness (QED) is 0.698. The van der Waals surface area contributed by atoms with Gasteiger partial charge in [-0.25, -0.2) is 4.98 Å². The lowest BCUT2D eigenvalue weighted by atomic mass is 10.2. The molecule has 2 amide bonds. The van der Waals surface area contributed by atoms with Crippen LogP contribution < -0.4 is 15.8 Å². The van der Waals surface area contributed by atoms with E-state index < -0.39 is 5.91 Å². The monoisotopic (exact) mass is 367 g/mol. The molecule has 0 bridgehead atoms. The van der Waals surface area contributed by atoms with Gasteiger partial charge in [0.1, 0.15) is 23.1 Å². The van der Waals surface area contributed by atoms with Crippen molar-refractivity contribution < 1.29 is 14.3 Å². The Hall–Kier alpha value is -3.19. The number of aryl methyl sites for hydroxylation is 1. The van der Waals surface area contributed by atoms with Crippen LogP contribution in [0.15, 0.2) is 53.9 Å². The van der Waals surface area contributed by atoms with Crippen molar-refractivity contribution in [2.75, 3.05) is 5.32 Å². The van der Waals surface area contributed by atoms with Crippen LogP contribution >= 0.6 is 11.3 Å². The van der Waals surface area contributed by atoms with E-state index in [4.69, 9.17) is 10.5 Å². The first-order valence-electron chi connectivity index (χ1n) is 7.86. The Balaban J connectivity index is 1.58. The van der Waals surface area contributed by atoms with Gasteiger partial charge < -0.3 is 15.8 Å². The van der Waals surface area contributed by atoms with E-state index in [2.05, 4.69) is 10.3 Å². The second-order valence-corrected chi connectivity index (χ2v) is 6.57. The summed E-state index contributed by atoms with van der Waals surface area (Å²) in [5, 5.41) is 5.12. The number of anilines is 1. The van der Waals surface area contributed by atoms with Gasteiger partial charge >= 0.3 is 0 Å². The van der Waals surface area contributed by atoms with E-state index >= 15 is 0 Å². The highest BCUT2D eigenvalue weighted by atomic mass is 32.1.